The lowest BCUT2D eigenvalue weighted by Gasteiger charge is -1.97. The summed E-state index contributed by atoms with van der Waals surface area (Å²) >= 11 is 2.78. The van der Waals surface area contributed by atoms with Gasteiger partial charge in [-0.05, 0) is 11.4 Å². The molecule has 2 aromatic rings. The topological polar surface area (TPSA) is 68.0 Å². The summed E-state index contributed by atoms with van der Waals surface area (Å²) in [5.74, 6) is -0.122. The van der Waals surface area contributed by atoms with Crippen molar-refractivity contribution in [2.24, 2.45) is 5.73 Å². The van der Waals surface area contributed by atoms with E-state index in [1.165, 1.54) is 22.7 Å². The predicted molar refractivity (Wildman–Crippen MR) is 62.3 cm³/mol. The molecule has 78 valence electrons. The quantitative estimate of drug-likeness (QED) is 0.859. The van der Waals surface area contributed by atoms with Gasteiger partial charge < -0.3 is 5.73 Å². The van der Waals surface area contributed by atoms with E-state index in [2.05, 4.69) is 10.3 Å². The molecule has 2 aromatic heterocycles. The molecule has 4 nitrogen and oxygen atoms in total. The molecule has 3 N–H and O–H groups in total. The highest BCUT2D eigenvalue weighted by molar-refractivity contribution is 7.14. The molecule has 0 saturated heterocycles. The van der Waals surface area contributed by atoms with Crippen LogP contribution in [-0.2, 0) is 6.54 Å². The zero-order valence-corrected chi connectivity index (χ0v) is 9.40. The summed E-state index contributed by atoms with van der Waals surface area (Å²) in [6.07, 6.45) is 0. The van der Waals surface area contributed by atoms with Crippen LogP contribution in [0.5, 0.6) is 0 Å². The van der Waals surface area contributed by atoms with Crippen LogP contribution in [0.3, 0.4) is 0 Å². The van der Waals surface area contributed by atoms with E-state index in [4.69, 9.17) is 5.73 Å². The summed E-state index contributed by atoms with van der Waals surface area (Å²) in [6, 6.07) is 3.62. The largest absolute Gasteiger partial charge is 0.325 e. The maximum atomic E-state index is 11.6. The Morgan fingerprint density at radius 1 is 1.53 bits per heavy atom. The molecule has 0 fully saturated rings. The van der Waals surface area contributed by atoms with Gasteiger partial charge in [0, 0.05) is 11.9 Å². The first-order valence-corrected chi connectivity index (χ1v) is 6.05. The van der Waals surface area contributed by atoms with Crippen LogP contribution < -0.4 is 11.1 Å². The Bertz CT molecular complexity index is 450. The molecule has 1 amide bonds. The molecule has 0 bridgehead atoms. The Labute approximate surface area is 94.8 Å². The van der Waals surface area contributed by atoms with E-state index in [1.807, 2.05) is 16.8 Å². The molecule has 0 saturated carbocycles. The SMILES string of the molecule is NCc1csc(NC(=O)c2cccs2)n1. The number of thiophene rings is 1. The van der Waals surface area contributed by atoms with Gasteiger partial charge in [-0.3, -0.25) is 10.1 Å². The van der Waals surface area contributed by atoms with Crippen molar-refractivity contribution in [1.82, 2.24) is 4.98 Å². The second kappa shape index (κ2) is 4.52. The number of rotatable bonds is 3. The van der Waals surface area contributed by atoms with Gasteiger partial charge in [0.05, 0.1) is 10.6 Å². The maximum Gasteiger partial charge on any atom is 0.267 e. The summed E-state index contributed by atoms with van der Waals surface area (Å²) in [5.41, 5.74) is 6.22. The van der Waals surface area contributed by atoms with Crippen LogP contribution in [0.4, 0.5) is 5.13 Å². The maximum absolute atomic E-state index is 11.6. The summed E-state index contributed by atoms with van der Waals surface area (Å²) < 4.78 is 0. The number of amides is 1. The van der Waals surface area contributed by atoms with E-state index in [9.17, 15) is 4.79 Å². The first-order valence-electron chi connectivity index (χ1n) is 4.29. The van der Waals surface area contributed by atoms with Crippen LogP contribution in [0.2, 0.25) is 0 Å². The fraction of sp³-hybridized carbons (Fsp3) is 0.111. The average molecular weight is 239 g/mol. The molecule has 2 heterocycles. The lowest BCUT2D eigenvalue weighted by molar-refractivity contribution is 0.103. The van der Waals surface area contributed by atoms with E-state index in [1.54, 1.807) is 6.07 Å². The Hall–Kier alpha value is -1.24. The van der Waals surface area contributed by atoms with Gasteiger partial charge in [0.15, 0.2) is 5.13 Å². The van der Waals surface area contributed by atoms with Crippen LogP contribution in [0, 0.1) is 0 Å². The van der Waals surface area contributed by atoms with Gasteiger partial charge in [0.1, 0.15) is 0 Å². The first-order chi connectivity index (χ1) is 7.29. The molecule has 0 aromatic carbocycles. The number of nitrogens with two attached hydrogens (primary N) is 1. The fourth-order valence-corrected chi connectivity index (χ4v) is 2.36. The van der Waals surface area contributed by atoms with Crippen LogP contribution in [0.25, 0.3) is 0 Å². The third-order valence-corrected chi connectivity index (χ3v) is 3.40. The average Bonchev–Trinajstić information content (AvgIpc) is 2.87. The lowest BCUT2D eigenvalue weighted by Crippen LogP contribution is -2.10. The molecule has 0 atom stereocenters. The van der Waals surface area contributed by atoms with Crippen molar-refractivity contribution in [3.8, 4) is 0 Å². The van der Waals surface area contributed by atoms with Gasteiger partial charge in [-0.25, -0.2) is 4.98 Å². The number of hydrogen-bond acceptors (Lipinski definition) is 5. The normalized spacial score (nSPS) is 10.2. The summed E-state index contributed by atoms with van der Waals surface area (Å²) in [4.78, 5) is 16.4. The molecule has 15 heavy (non-hydrogen) atoms. The second-order valence-corrected chi connectivity index (χ2v) is 4.59. The molecule has 0 unspecified atom stereocenters. The van der Waals surface area contributed by atoms with Crippen LogP contribution in [0.1, 0.15) is 15.4 Å². The van der Waals surface area contributed by atoms with Gasteiger partial charge >= 0.3 is 0 Å². The van der Waals surface area contributed by atoms with Gasteiger partial charge in [-0.15, -0.1) is 22.7 Å². The summed E-state index contributed by atoms with van der Waals surface area (Å²) in [5, 5.41) is 7.01. The third-order valence-electron chi connectivity index (χ3n) is 1.73. The minimum absolute atomic E-state index is 0.122. The molecule has 0 radical (unpaired) electrons. The molecule has 0 spiro atoms. The minimum atomic E-state index is -0.122. The smallest absolute Gasteiger partial charge is 0.267 e. The van der Waals surface area contributed by atoms with E-state index >= 15 is 0 Å². The van der Waals surface area contributed by atoms with Crippen LogP contribution in [-0.4, -0.2) is 10.9 Å². The summed E-state index contributed by atoms with van der Waals surface area (Å²) in [7, 11) is 0. The zero-order chi connectivity index (χ0) is 10.7. The summed E-state index contributed by atoms with van der Waals surface area (Å²) in [6.45, 7) is 0.394. The van der Waals surface area contributed by atoms with Crippen molar-refractivity contribution < 1.29 is 4.79 Å². The monoisotopic (exact) mass is 239 g/mol. The molecular weight excluding hydrogens is 230 g/mol. The highest BCUT2D eigenvalue weighted by Gasteiger charge is 2.08. The van der Waals surface area contributed by atoms with Crippen molar-refractivity contribution in [3.63, 3.8) is 0 Å². The van der Waals surface area contributed by atoms with Gasteiger partial charge in [-0.2, -0.15) is 0 Å². The molecule has 2 rings (SSSR count). The fourth-order valence-electron chi connectivity index (χ4n) is 1.02. The lowest BCUT2D eigenvalue weighted by atomic mass is 10.4. The minimum Gasteiger partial charge on any atom is -0.325 e. The molecule has 0 aliphatic carbocycles. The zero-order valence-electron chi connectivity index (χ0n) is 7.77. The van der Waals surface area contributed by atoms with Gasteiger partial charge in [0.2, 0.25) is 0 Å². The Balaban J connectivity index is 2.06. The van der Waals surface area contributed by atoms with Gasteiger partial charge in [0.25, 0.3) is 5.91 Å². The number of nitrogens with zero attached hydrogens (tertiary/aromatic N) is 1. The Morgan fingerprint density at radius 3 is 3.00 bits per heavy atom. The number of carbonyl (C=O) groups excluding carboxylic acids is 1. The van der Waals surface area contributed by atoms with Crippen LogP contribution >= 0.6 is 22.7 Å². The molecule has 0 aliphatic heterocycles. The first kappa shape index (κ1) is 10.3. The van der Waals surface area contributed by atoms with Crippen molar-refractivity contribution in [2.45, 2.75) is 6.54 Å². The van der Waals surface area contributed by atoms with Gasteiger partial charge in [-0.1, -0.05) is 6.07 Å². The third kappa shape index (κ3) is 2.41. The Morgan fingerprint density at radius 2 is 2.40 bits per heavy atom. The molecule has 6 heteroatoms. The number of hydrogen-bond donors (Lipinski definition) is 2. The van der Waals surface area contributed by atoms with E-state index < -0.39 is 0 Å². The van der Waals surface area contributed by atoms with Crippen molar-refractivity contribution >= 4 is 33.7 Å². The number of aromatic nitrogens is 1. The van der Waals surface area contributed by atoms with Crippen LogP contribution in [0.15, 0.2) is 22.9 Å². The number of carbonyl (C=O) groups is 1. The molecular formula is C9H9N3OS2. The predicted octanol–water partition coefficient (Wildman–Crippen LogP) is 1.92. The standard InChI is InChI=1S/C9H9N3OS2/c10-4-6-5-15-9(11-6)12-8(13)7-2-1-3-14-7/h1-3,5H,4,10H2,(H,11,12,13). The Kier molecular flexibility index (Phi) is 3.10. The van der Waals surface area contributed by atoms with Crippen molar-refractivity contribution in [2.75, 3.05) is 5.32 Å². The van der Waals surface area contributed by atoms with E-state index in [-0.39, 0.29) is 5.91 Å². The second-order valence-electron chi connectivity index (χ2n) is 2.78. The van der Waals surface area contributed by atoms with E-state index in [0.29, 0.717) is 16.6 Å². The van der Waals surface area contributed by atoms with E-state index in [0.717, 1.165) is 5.69 Å². The number of anilines is 1. The van der Waals surface area contributed by atoms with Crippen molar-refractivity contribution in [1.29, 1.82) is 0 Å². The molecule has 0 aliphatic rings. The number of nitrogens with one attached hydrogen (secondary N) is 1. The highest BCUT2D eigenvalue weighted by atomic mass is 32.1. The highest BCUT2D eigenvalue weighted by Crippen LogP contribution is 2.17. The van der Waals surface area contributed by atoms with Crippen molar-refractivity contribution in [3.05, 3.63) is 33.5 Å². The number of thiazole rings is 1.